The smallest absolute Gasteiger partial charge is 0.274 e. The maximum atomic E-state index is 11.8. The summed E-state index contributed by atoms with van der Waals surface area (Å²) < 4.78 is 0. The maximum Gasteiger partial charge on any atom is 0.274 e. The lowest BCUT2D eigenvalue weighted by atomic mass is 10.3. The Bertz CT molecular complexity index is 523. The Balaban J connectivity index is 2.20. The third-order valence-electron chi connectivity index (χ3n) is 2.02. The first-order valence-electron chi connectivity index (χ1n) is 4.84. The lowest BCUT2D eigenvalue weighted by Crippen LogP contribution is -2.13. The third kappa shape index (κ3) is 3.19. The number of anilines is 1. The van der Waals surface area contributed by atoms with Crippen LogP contribution in [0.1, 0.15) is 10.5 Å². The number of carbonyl (C=O) groups is 1. The van der Waals surface area contributed by atoms with E-state index < -0.39 is 0 Å². The largest absolute Gasteiger partial charge is 0.321 e. The number of amides is 1. The Morgan fingerprint density at radius 3 is 2.47 bits per heavy atom. The molecule has 0 aliphatic rings. The summed E-state index contributed by atoms with van der Waals surface area (Å²) in [4.78, 5) is 15.7. The van der Waals surface area contributed by atoms with Gasteiger partial charge in [-0.25, -0.2) is 4.98 Å². The van der Waals surface area contributed by atoms with Gasteiger partial charge < -0.3 is 5.32 Å². The van der Waals surface area contributed by atoms with Crippen molar-refractivity contribution in [1.29, 1.82) is 0 Å². The van der Waals surface area contributed by atoms with Crippen LogP contribution >= 0.6 is 23.2 Å². The minimum Gasteiger partial charge on any atom is -0.321 e. The van der Waals surface area contributed by atoms with Gasteiger partial charge in [0, 0.05) is 10.7 Å². The minimum atomic E-state index is -0.347. The van der Waals surface area contributed by atoms with Crippen LogP contribution in [0.25, 0.3) is 0 Å². The van der Waals surface area contributed by atoms with Crippen molar-refractivity contribution in [3.8, 4) is 0 Å². The molecule has 0 atom stereocenters. The number of nitrogens with zero attached hydrogens (tertiary/aromatic N) is 1. The molecular weight excluding hydrogens is 259 g/mol. The van der Waals surface area contributed by atoms with E-state index in [-0.39, 0.29) is 16.8 Å². The summed E-state index contributed by atoms with van der Waals surface area (Å²) in [5, 5.41) is 3.26. The Labute approximate surface area is 108 Å². The van der Waals surface area contributed by atoms with Crippen molar-refractivity contribution in [2.45, 2.75) is 0 Å². The van der Waals surface area contributed by atoms with E-state index in [9.17, 15) is 4.79 Å². The summed E-state index contributed by atoms with van der Waals surface area (Å²) in [6, 6.07) is 12.0. The summed E-state index contributed by atoms with van der Waals surface area (Å²) in [5.74, 6) is -0.347. The molecule has 1 aromatic carbocycles. The Morgan fingerprint density at radius 1 is 1.12 bits per heavy atom. The van der Waals surface area contributed by atoms with Gasteiger partial charge in [-0.2, -0.15) is 0 Å². The van der Waals surface area contributed by atoms with E-state index in [1.54, 1.807) is 12.1 Å². The number of benzene rings is 1. The molecule has 0 aliphatic heterocycles. The number of para-hydroxylation sites is 1. The molecule has 17 heavy (non-hydrogen) atoms. The van der Waals surface area contributed by atoms with Gasteiger partial charge in [-0.05, 0) is 24.3 Å². The highest BCUT2D eigenvalue weighted by Gasteiger charge is 2.09. The van der Waals surface area contributed by atoms with Crippen molar-refractivity contribution in [3.63, 3.8) is 0 Å². The SMILES string of the molecule is O=C(Nc1ccccc1)c1cc(Cl)cc(Cl)n1. The van der Waals surface area contributed by atoms with Gasteiger partial charge in [0.05, 0.1) is 0 Å². The zero-order chi connectivity index (χ0) is 12.3. The zero-order valence-corrected chi connectivity index (χ0v) is 10.2. The number of hydrogen-bond acceptors (Lipinski definition) is 2. The van der Waals surface area contributed by atoms with Gasteiger partial charge in [-0.15, -0.1) is 0 Å². The molecule has 0 fully saturated rings. The van der Waals surface area contributed by atoms with Crippen LogP contribution in [0.2, 0.25) is 10.2 Å². The minimum absolute atomic E-state index is 0.186. The summed E-state index contributed by atoms with van der Waals surface area (Å²) in [6.07, 6.45) is 0. The summed E-state index contributed by atoms with van der Waals surface area (Å²) >= 11 is 11.5. The third-order valence-corrected chi connectivity index (χ3v) is 2.43. The fraction of sp³-hybridized carbons (Fsp3) is 0. The van der Waals surface area contributed by atoms with E-state index in [0.717, 1.165) is 0 Å². The van der Waals surface area contributed by atoms with Crippen LogP contribution in [0.3, 0.4) is 0 Å². The normalized spacial score (nSPS) is 10.0. The number of pyridine rings is 1. The molecule has 1 N–H and O–H groups in total. The topological polar surface area (TPSA) is 42.0 Å². The number of carbonyl (C=O) groups excluding carboxylic acids is 1. The van der Waals surface area contributed by atoms with Crippen molar-refractivity contribution in [3.05, 3.63) is 58.3 Å². The first-order chi connectivity index (χ1) is 8.15. The summed E-state index contributed by atoms with van der Waals surface area (Å²) in [6.45, 7) is 0. The molecular formula is C12H8Cl2N2O. The molecule has 2 aromatic rings. The van der Waals surface area contributed by atoms with E-state index in [2.05, 4.69) is 10.3 Å². The molecule has 1 aromatic heterocycles. The predicted octanol–water partition coefficient (Wildman–Crippen LogP) is 3.64. The highest BCUT2D eigenvalue weighted by atomic mass is 35.5. The van der Waals surface area contributed by atoms with Crippen LogP contribution in [0.5, 0.6) is 0 Å². The van der Waals surface area contributed by atoms with Gasteiger partial charge in [0.15, 0.2) is 0 Å². The second-order valence-electron chi connectivity index (χ2n) is 3.31. The highest BCUT2D eigenvalue weighted by Crippen LogP contribution is 2.16. The van der Waals surface area contributed by atoms with Gasteiger partial charge in [-0.1, -0.05) is 41.4 Å². The zero-order valence-electron chi connectivity index (χ0n) is 8.65. The number of hydrogen-bond donors (Lipinski definition) is 1. The van der Waals surface area contributed by atoms with E-state index >= 15 is 0 Å². The molecule has 0 bridgehead atoms. The quantitative estimate of drug-likeness (QED) is 0.844. The maximum absolute atomic E-state index is 11.8. The lowest BCUT2D eigenvalue weighted by Gasteiger charge is -2.04. The van der Waals surface area contributed by atoms with E-state index in [4.69, 9.17) is 23.2 Å². The highest BCUT2D eigenvalue weighted by molar-refractivity contribution is 6.34. The first kappa shape index (κ1) is 11.9. The molecule has 5 heteroatoms. The van der Waals surface area contributed by atoms with Gasteiger partial charge >= 0.3 is 0 Å². The van der Waals surface area contributed by atoms with Crippen molar-refractivity contribution in [2.24, 2.45) is 0 Å². The fourth-order valence-corrected chi connectivity index (χ4v) is 1.77. The number of nitrogens with one attached hydrogen (secondary N) is 1. The average molecular weight is 267 g/mol. The molecule has 1 heterocycles. The van der Waals surface area contributed by atoms with Crippen molar-refractivity contribution >= 4 is 34.8 Å². The summed E-state index contributed by atoms with van der Waals surface area (Å²) in [5.41, 5.74) is 0.877. The first-order valence-corrected chi connectivity index (χ1v) is 5.60. The monoisotopic (exact) mass is 266 g/mol. The molecule has 1 amide bonds. The lowest BCUT2D eigenvalue weighted by molar-refractivity contribution is 0.102. The predicted molar refractivity (Wildman–Crippen MR) is 68.7 cm³/mol. The number of aromatic nitrogens is 1. The van der Waals surface area contributed by atoms with Crippen LogP contribution in [0.15, 0.2) is 42.5 Å². The van der Waals surface area contributed by atoms with Gasteiger partial charge in [-0.3, -0.25) is 4.79 Å². The van der Waals surface area contributed by atoms with E-state index in [1.807, 2.05) is 18.2 Å². The van der Waals surface area contributed by atoms with Crippen LogP contribution < -0.4 is 5.32 Å². The average Bonchev–Trinajstić information content (AvgIpc) is 2.29. The van der Waals surface area contributed by atoms with Crippen LogP contribution in [-0.2, 0) is 0 Å². The fourth-order valence-electron chi connectivity index (χ4n) is 1.30. The number of halogens is 2. The molecule has 0 unspecified atom stereocenters. The molecule has 0 spiro atoms. The Morgan fingerprint density at radius 2 is 1.82 bits per heavy atom. The molecule has 0 aliphatic carbocycles. The molecule has 86 valence electrons. The second-order valence-corrected chi connectivity index (χ2v) is 4.14. The second kappa shape index (κ2) is 5.17. The van der Waals surface area contributed by atoms with E-state index in [0.29, 0.717) is 10.7 Å². The van der Waals surface area contributed by atoms with Gasteiger partial charge in [0.1, 0.15) is 10.8 Å². The summed E-state index contributed by atoms with van der Waals surface area (Å²) in [7, 11) is 0. The Kier molecular flexibility index (Phi) is 3.61. The van der Waals surface area contributed by atoms with Crippen LogP contribution in [0.4, 0.5) is 5.69 Å². The molecule has 0 saturated heterocycles. The van der Waals surface area contributed by atoms with Crippen molar-refractivity contribution in [1.82, 2.24) is 4.98 Å². The van der Waals surface area contributed by atoms with Crippen LogP contribution in [0, 0.1) is 0 Å². The molecule has 0 radical (unpaired) electrons. The number of rotatable bonds is 2. The standard InChI is InChI=1S/C12H8Cl2N2O/c13-8-6-10(16-11(14)7-8)12(17)15-9-4-2-1-3-5-9/h1-7H,(H,15,17). The van der Waals surface area contributed by atoms with Crippen LogP contribution in [-0.4, -0.2) is 10.9 Å². The molecule has 0 saturated carbocycles. The Hall–Kier alpha value is -1.58. The molecule has 2 rings (SSSR count). The van der Waals surface area contributed by atoms with Gasteiger partial charge in [0.25, 0.3) is 5.91 Å². The van der Waals surface area contributed by atoms with Crippen molar-refractivity contribution in [2.75, 3.05) is 5.32 Å². The van der Waals surface area contributed by atoms with Gasteiger partial charge in [0.2, 0.25) is 0 Å². The van der Waals surface area contributed by atoms with Crippen molar-refractivity contribution < 1.29 is 4.79 Å². The van der Waals surface area contributed by atoms with E-state index in [1.165, 1.54) is 12.1 Å². The molecule has 3 nitrogen and oxygen atoms in total.